The van der Waals surface area contributed by atoms with E-state index in [2.05, 4.69) is 5.32 Å². The Bertz CT molecular complexity index is 944. The highest BCUT2D eigenvalue weighted by atomic mass is 16.5. The maximum atomic E-state index is 13.1. The predicted octanol–water partition coefficient (Wildman–Crippen LogP) is 4.49. The van der Waals surface area contributed by atoms with E-state index in [-0.39, 0.29) is 12.5 Å². The highest BCUT2D eigenvalue weighted by molar-refractivity contribution is 5.90. The zero-order chi connectivity index (χ0) is 23.1. The number of rotatable bonds is 9. The van der Waals surface area contributed by atoms with E-state index in [9.17, 15) is 14.7 Å². The smallest absolute Gasteiger partial charge is 0.322 e. The predicted molar refractivity (Wildman–Crippen MR) is 121 cm³/mol. The number of nitrogens with one attached hydrogen (secondary N) is 1. The Morgan fingerprint density at radius 2 is 1.62 bits per heavy atom. The summed E-state index contributed by atoms with van der Waals surface area (Å²) in [5.41, 5.74) is 2.35. The van der Waals surface area contributed by atoms with Gasteiger partial charge < -0.3 is 29.5 Å². The van der Waals surface area contributed by atoms with Crippen LogP contribution in [0, 0.1) is 0 Å². The van der Waals surface area contributed by atoms with Gasteiger partial charge in [0.2, 0.25) is 0 Å². The molecular weight excluding hydrogens is 412 g/mol. The summed E-state index contributed by atoms with van der Waals surface area (Å²) in [7, 11) is 0. The molecule has 1 aliphatic heterocycles. The maximum Gasteiger partial charge on any atom is 0.322 e. The fraction of sp³-hybridized carbons (Fsp3) is 0.417. The summed E-state index contributed by atoms with van der Waals surface area (Å²) in [6.45, 7) is 7.58. The van der Waals surface area contributed by atoms with Gasteiger partial charge in [-0.2, -0.15) is 0 Å². The first kappa shape index (κ1) is 23.2. The third-order valence-electron chi connectivity index (χ3n) is 5.21. The Kier molecular flexibility index (Phi) is 7.81. The molecule has 1 atom stereocenters. The lowest BCUT2D eigenvalue weighted by atomic mass is 9.90. The standard InChI is InChI=1S/C24H30N2O6/c1-4-30-18-9-7-17(8-10-18)25-24(29)26-12-11-16-13-21(31-5-2)22(32-6-3)14-19(16)20(26)15-23(27)28/h7-10,13-14,20H,4-6,11-12,15H2,1-3H3,(H,25,29)(H,27,28). The van der Waals surface area contributed by atoms with Gasteiger partial charge in [-0.25, -0.2) is 4.79 Å². The molecule has 1 aliphatic rings. The fourth-order valence-corrected chi connectivity index (χ4v) is 3.87. The van der Waals surface area contributed by atoms with Crippen LogP contribution in [-0.4, -0.2) is 48.4 Å². The summed E-state index contributed by atoms with van der Waals surface area (Å²) in [6, 6.07) is 9.83. The maximum absolute atomic E-state index is 13.1. The SMILES string of the molecule is CCOc1ccc(NC(=O)N2CCc3cc(OCC)c(OCC)cc3C2CC(=O)O)cc1. The van der Waals surface area contributed by atoms with Crippen LogP contribution >= 0.6 is 0 Å². The van der Waals surface area contributed by atoms with Crippen LogP contribution in [0.4, 0.5) is 10.5 Å². The number of carbonyl (C=O) groups is 2. The molecule has 8 nitrogen and oxygen atoms in total. The summed E-state index contributed by atoms with van der Waals surface area (Å²) in [5, 5.41) is 12.4. The van der Waals surface area contributed by atoms with Gasteiger partial charge in [0.15, 0.2) is 11.5 Å². The molecule has 0 bridgehead atoms. The van der Waals surface area contributed by atoms with Crippen molar-refractivity contribution in [3.8, 4) is 17.2 Å². The molecule has 172 valence electrons. The van der Waals surface area contributed by atoms with Crippen molar-refractivity contribution in [2.45, 2.75) is 39.7 Å². The minimum atomic E-state index is -0.978. The monoisotopic (exact) mass is 442 g/mol. The van der Waals surface area contributed by atoms with Crippen LogP contribution < -0.4 is 19.5 Å². The molecule has 2 N–H and O–H groups in total. The molecule has 0 aromatic heterocycles. The number of urea groups is 1. The van der Waals surface area contributed by atoms with E-state index in [1.807, 2.05) is 32.9 Å². The molecule has 1 heterocycles. The number of ether oxygens (including phenoxy) is 3. The largest absolute Gasteiger partial charge is 0.494 e. The molecule has 3 rings (SSSR count). The average molecular weight is 443 g/mol. The molecule has 2 aromatic rings. The van der Waals surface area contributed by atoms with Crippen molar-refractivity contribution in [1.82, 2.24) is 4.90 Å². The lowest BCUT2D eigenvalue weighted by molar-refractivity contribution is -0.138. The van der Waals surface area contributed by atoms with Crippen molar-refractivity contribution in [3.05, 3.63) is 47.5 Å². The van der Waals surface area contributed by atoms with Crippen molar-refractivity contribution >= 4 is 17.7 Å². The van der Waals surface area contributed by atoms with Crippen molar-refractivity contribution in [2.24, 2.45) is 0 Å². The first-order valence-corrected chi connectivity index (χ1v) is 10.9. The zero-order valence-corrected chi connectivity index (χ0v) is 18.7. The summed E-state index contributed by atoms with van der Waals surface area (Å²) in [6.07, 6.45) is 0.387. The van der Waals surface area contributed by atoms with Crippen LogP contribution in [0.3, 0.4) is 0 Å². The second kappa shape index (κ2) is 10.7. The van der Waals surface area contributed by atoms with E-state index in [1.165, 1.54) is 0 Å². The van der Waals surface area contributed by atoms with E-state index in [4.69, 9.17) is 14.2 Å². The van der Waals surface area contributed by atoms with Gasteiger partial charge in [0.25, 0.3) is 0 Å². The van der Waals surface area contributed by atoms with Gasteiger partial charge in [0, 0.05) is 12.2 Å². The van der Waals surface area contributed by atoms with Crippen LogP contribution in [0.5, 0.6) is 17.2 Å². The summed E-state index contributed by atoms with van der Waals surface area (Å²) in [4.78, 5) is 26.3. The highest BCUT2D eigenvalue weighted by Gasteiger charge is 2.34. The number of carboxylic acid groups (broad SMARTS) is 1. The number of fused-ring (bicyclic) bond motifs is 1. The van der Waals surface area contributed by atoms with Gasteiger partial charge >= 0.3 is 12.0 Å². The highest BCUT2D eigenvalue weighted by Crippen LogP contribution is 2.40. The number of nitrogens with zero attached hydrogens (tertiary/aromatic N) is 1. The van der Waals surface area contributed by atoms with Crippen LogP contribution in [-0.2, 0) is 11.2 Å². The molecule has 0 radical (unpaired) electrons. The minimum absolute atomic E-state index is 0.205. The van der Waals surface area contributed by atoms with Crippen molar-refractivity contribution < 1.29 is 28.9 Å². The molecule has 2 amide bonds. The second-order valence-corrected chi connectivity index (χ2v) is 7.31. The van der Waals surface area contributed by atoms with Crippen LogP contribution in [0.25, 0.3) is 0 Å². The summed E-state index contributed by atoms with van der Waals surface area (Å²) >= 11 is 0. The van der Waals surface area contributed by atoms with E-state index < -0.39 is 12.0 Å². The van der Waals surface area contributed by atoms with Crippen LogP contribution in [0.1, 0.15) is 44.4 Å². The van der Waals surface area contributed by atoms with E-state index in [0.29, 0.717) is 50.0 Å². The Morgan fingerprint density at radius 1 is 1.00 bits per heavy atom. The van der Waals surface area contributed by atoms with Gasteiger partial charge in [-0.1, -0.05) is 0 Å². The minimum Gasteiger partial charge on any atom is -0.494 e. The number of hydrogen-bond acceptors (Lipinski definition) is 5. The number of anilines is 1. The molecule has 32 heavy (non-hydrogen) atoms. The number of amides is 2. The fourth-order valence-electron chi connectivity index (χ4n) is 3.87. The number of aliphatic carboxylic acids is 1. The Balaban J connectivity index is 1.88. The normalized spacial score (nSPS) is 15.0. The molecule has 0 fully saturated rings. The summed E-state index contributed by atoms with van der Waals surface area (Å²) in [5.74, 6) is 0.926. The lowest BCUT2D eigenvalue weighted by Crippen LogP contribution is -2.43. The molecule has 0 saturated carbocycles. The van der Waals surface area contributed by atoms with Crippen LogP contribution in [0.15, 0.2) is 36.4 Å². The Labute approximate surface area is 188 Å². The van der Waals surface area contributed by atoms with Crippen molar-refractivity contribution in [1.29, 1.82) is 0 Å². The number of benzene rings is 2. The molecule has 2 aromatic carbocycles. The second-order valence-electron chi connectivity index (χ2n) is 7.31. The summed E-state index contributed by atoms with van der Waals surface area (Å²) < 4.78 is 16.9. The van der Waals surface area contributed by atoms with Gasteiger partial charge in [-0.05, 0) is 74.7 Å². The zero-order valence-electron chi connectivity index (χ0n) is 18.7. The van der Waals surface area contributed by atoms with E-state index in [1.54, 1.807) is 29.2 Å². The number of carbonyl (C=O) groups excluding carboxylic acids is 1. The van der Waals surface area contributed by atoms with Crippen molar-refractivity contribution in [2.75, 3.05) is 31.7 Å². The first-order valence-electron chi connectivity index (χ1n) is 10.9. The Hall–Kier alpha value is -3.42. The molecule has 8 heteroatoms. The van der Waals surface area contributed by atoms with Crippen molar-refractivity contribution in [3.63, 3.8) is 0 Å². The third kappa shape index (κ3) is 5.43. The third-order valence-corrected chi connectivity index (χ3v) is 5.21. The molecule has 1 unspecified atom stereocenters. The van der Waals surface area contributed by atoms with Gasteiger partial charge in [0.1, 0.15) is 5.75 Å². The molecule has 0 saturated heterocycles. The quantitative estimate of drug-likeness (QED) is 0.594. The number of hydrogen-bond donors (Lipinski definition) is 2. The van der Waals surface area contributed by atoms with E-state index >= 15 is 0 Å². The lowest BCUT2D eigenvalue weighted by Gasteiger charge is -2.37. The Morgan fingerprint density at radius 3 is 2.22 bits per heavy atom. The number of carboxylic acids is 1. The van der Waals surface area contributed by atoms with Gasteiger partial charge in [-0.15, -0.1) is 0 Å². The average Bonchev–Trinajstić information content (AvgIpc) is 2.76. The molecular formula is C24H30N2O6. The van der Waals surface area contributed by atoms with E-state index in [0.717, 1.165) is 16.9 Å². The van der Waals surface area contributed by atoms with Gasteiger partial charge in [-0.3, -0.25) is 4.79 Å². The molecule has 0 spiro atoms. The molecule has 0 aliphatic carbocycles. The topological polar surface area (TPSA) is 97.3 Å². The first-order chi connectivity index (χ1) is 15.5. The van der Waals surface area contributed by atoms with Crippen LogP contribution in [0.2, 0.25) is 0 Å². The van der Waals surface area contributed by atoms with Gasteiger partial charge in [0.05, 0.1) is 32.3 Å².